The van der Waals surface area contributed by atoms with E-state index in [1.165, 1.54) is 24.8 Å². The number of esters is 1. The zero-order valence-electron chi connectivity index (χ0n) is 14.0. The fourth-order valence-electron chi connectivity index (χ4n) is 2.46. The van der Waals surface area contributed by atoms with Crippen LogP contribution in [0.25, 0.3) is 0 Å². The second-order valence-corrected chi connectivity index (χ2v) is 8.44. The molecular formula is C16H17N3O5S2. The van der Waals surface area contributed by atoms with Crippen LogP contribution < -0.4 is 10.2 Å². The van der Waals surface area contributed by atoms with Crippen molar-refractivity contribution in [2.24, 2.45) is 4.40 Å². The predicted molar refractivity (Wildman–Crippen MR) is 99.0 cm³/mol. The Morgan fingerprint density at radius 3 is 3.00 bits per heavy atom. The molecule has 2 heterocycles. The van der Waals surface area contributed by atoms with Gasteiger partial charge < -0.3 is 15.0 Å². The fourth-order valence-corrected chi connectivity index (χ4v) is 4.75. The number of amides is 1. The number of nitrogens with one attached hydrogen (secondary N) is 1. The lowest BCUT2D eigenvalue weighted by Crippen LogP contribution is -2.36. The van der Waals surface area contributed by atoms with E-state index in [-0.39, 0.29) is 17.9 Å². The molecule has 8 nitrogen and oxygen atoms in total. The summed E-state index contributed by atoms with van der Waals surface area (Å²) in [5.41, 5.74) is 1.08. The summed E-state index contributed by atoms with van der Waals surface area (Å²) in [5.74, 6) is -1.09. The van der Waals surface area contributed by atoms with Crippen LogP contribution in [0.15, 0.2) is 40.1 Å². The van der Waals surface area contributed by atoms with Gasteiger partial charge in [-0.25, -0.2) is 13.2 Å². The molecule has 0 fully saturated rings. The minimum atomic E-state index is -3.43. The predicted octanol–water partition coefficient (Wildman–Crippen LogP) is 1.15. The maximum Gasteiger partial charge on any atom is 0.338 e. The molecule has 1 aromatic carbocycles. The molecule has 1 unspecified atom stereocenters. The fraction of sp³-hybridized carbons (Fsp3) is 0.312. The van der Waals surface area contributed by atoms with E-state index in [0.717, 1.165) is 10.6 Å². The first-order chi connectivity index (χ1) is 12.3. The summed E-state index contributed by atoms with van der Waals surface area (Å²) in [7, 11) is -3.43. The third-order valence-corrected chi connectivity index (χ3v) is 6.09. The summed E-state index contributed by atoms with van der Waals surface area (Å²) in [6.07, 6.45) is 0.589. The number of nitrogens with zero attached hydrogens (tertiary/aromatic N) is 2. The highest BCUT2D eigenvalue weighted by Crippen LogP contribution is 2.42. The molecule has 1 aromatic rings. The van der Waals surface area contributed by atoms with Crippen molar-refractivity contribution in [3.05, 3.63) is 36.4 Å². The molecule has 1 atom stereocenters. The Bertz CT molecular complexity index is 910. The van der Waals surface area contributed by atoms with Gasteiger partial charge in [0.15, 0.2) is 11.3 Å². The summed E-state index contributed by atoms with van der Waals surface area (Å²) < 4.78 is 32.2. The molecule has 138 valence electrons. The van der Waals surface area contributed by atoms with Crippen LogP contribution in [-0.2, 0) is 19.6 Å². The highest BCUT2D eigenvalue weighted by molar-refractivity contribution is 8.15. The molecule has 0 bridgehead atoms. The Kier molecular flexibility index (Phi) is 5.05. The van der Waals surface area contributed by atoms with Gasteiger partial charge in [0.05, 0.1) is 17.0 Å². The van der Waals surface area contributed by atoms with Gasteiger partial charge in [-0.05, 0) is 36.9 Å². The molecule has 0 spiro atoms. The first-order valence-electron chi connectivity index (χ1n) is 7.82. The standard InChI is InChI=1S/C16H17N3O5S2/c1-3-6-17-14(20)10(2)24-15(21)11-4-5-12-13(9-11)25-16-18-26(22,23)8-7-19(12)16/h3-5,9-10H,1,6-8H2,2H3,(H,17,20). The highest BCUT2D eigenvalue weighted by Gasteiger charge is 2.33. The van der Waals surface area contributed by atoms with Crippen molar-refractivity contribution in [3.8, 4) is 0 Å². The van der Waals surface area contributed by atoms with Gasteiger partial charge in [0.1, 0.15) is 0 Å². The number of thioether (sulfide) groups is 1. The quantitative estimate of drug-likeness (QED) is 0.589. The number of fused-ring (bicyclic) bond motifs is 3. The number of amidine groups is 1. The molecule has 26 heavy (non-hydrogen) atoms. The molecule has 0 aromatic heterocycles. The summed E-state index contributed by atoms with van der Waals surface area (Å²) in [6, 6.07) is 4.92. The number of carbonyl (C=O) groups is 2. The van der Waals surface area contributed by atoms with E-state index in [1.54, 1.807) is 18.2 Å². The van der Waals surface area contributed by atoms with E-state index in [2.05, 4.69) is 16.3 Å². The number of sulfonamides is 1. The van der Waals surface area contributed by atoms with Gasteiger partial charge in [-0.3, -0.25) is 4.79 Å². The number of hydrogen-bond donors (Lipinski definition) is 1. The van der Waals surface area contributed by atoms with E-state index in [4.69, 9.17) is 4.74 Å². The average Bonchev–Trinajstić information content (AvgIpc) is 2.94. The van der Waals surface area contributed by atoms with E-state index in [1.807, 2.05) is 4.90 Å². The summed E-state index contributed by atoms with van der Waals surface area (Å²) in [4.78, 5) is 26.6. The minimum absolute atomic E-state index is 0.0440. The van der Waals surface area contributed by atoms with Crippen molar-refractivity contribution in [2.45, 2.75) is 17.9 Å². The van der Waals surface area contributed by atoms with Crippen molar-refractivity contribution in [1.29, 1.82) is 0 Å². The molecule has 1 amide bonds. The largest absolute Gasteiger partial charge is 0.449 e. The van der Waals surface area contributed by atoms with Crippen LogP contribution in [0.4, 0.5) is 5.69 Å². The number of anilines is 1. The van der Waals surface area contributed by atoms with E-state index < -0.39 is 28.0 Å². The van der Waals surface area contributed by atoms with Crippen molar-refractivity contribution >= 4 is 44.5 Å². The Morgan fingerprint density at radius 1 is 1.50 bits per heavy atom. The molecule has 0 radical (unpaired) electrons. The molecule has 0 aliphatic carbocycles. The number of benzene rings is 1. The smallest absolute Gasteiger partial charge is 0.338 e. The SMILES string of the molecule is C=CCNC(=O)C(C)OC(=O)c1ccc2c(c1)SC1=NS(=O)(=O)CCN12. The molecular weight excluding hydrogens is 378 g/mol. The molecule has 1 N–H and O–H groups in total. The third kappa shape index (κ3) is 3.75. The highest BCUT2D eigenvalue weighted by atomic mass is 32.2. The number of ether oxygens (including phenoxy) is 1. The van der Waals surface area contributed by atoms with Gasteiger partial charge in [-0.1, -0.05) is 6.08 Å². The van der Waals surface area contributed by atoms with Crippen LogP contribution in [0, 0.1) is 0 Å². The van der Waals surface area contributed by atoms with Gasteiger partial charge in [-0.2, -0.15) is 0 Å². The van der Waals surface area contributed by atoms with Crippen LogP contribution in [0.1, 0.15) is 17.3 Å². The van der Waals surface area contributed by atoms with Gasteiger partial charge in [0.2, 0.25) is 0 Å². The van der Waals surface area contributed by atoms with Crippen LogP contribution >= 0.6 is 11.8 Å². The van der Waals surface area contributed by atoms with Gasteiger partial charge in [-0.15, -0.1) is 11.0 Å². The van der Waals surface area contributed by atoms with Crippen LogP contribution in [0.5, 0.6) is 0 Å². The lowest BCUT2D eigenvalue weighted by Gasteiger charge is -2.22. The minimum Gasteiger partial charge on any atom is -0.449 e. The maximum absolute atomic E-state index is 12.3. The van der Waals surface area contributed by atoms with Crippen molar-refractivity contribution in [1.82, 2.24) is 5.32 Å². The Balaban J connectivity index is 1.74. The molecule has 0 saturated heterocycles. The monoisotopic (exact) mass is 395 g/mol. The normalized spacial score (nSPS) is 18.2. The maximum atomic E-state index is 12.3. The molecule has 10 heteroatoms. The van der Waals surface area contributed by atoms with Crippen molar-refractivity contribution in [2.75, 3.05) is 23.7 Å². The molecule has 2 aliphatic rings. The van der Waals surface area contributed by atoms with Crippen molar-refractivity contribution < 1.29 is 22.7 Å². The van der Waals surface area contributed by atoms with E-state index in [9.17, 15) is 18.0 Å². The lowest BCUT2D eigenvalue weighted by molar-refractivity contribution is -0.128. The van der Waals surface area contributed by atoms with E-state index in [0.29, 0.717) is 11.7 Å². The number of hydrogen-bond acceptors (Lipinski definition) is 7. The average molecular weight is 395 g/mol. The van der Waals surface area contributed by atoms with Gasteiger partial charge in [0, 0.05) is 18.0 Å². The first kappa shape index (κ1) is 18.5. The molecule has 3 rings (SSSR count). The van der Waals surface area contributed by atoms with E-state index >= 15 is 0 Å². The summed E-state index contributed by atoms with van der Waals surface area (Å²) in [5, 5.41) is 2.94. The second kappa shape index (κ2) is 7.12. The Labute approximate surface area is 155 Å². The molecule has 0 saturated carbocycles. The Morgan fingerprint density at radius 2 is 2.27 bits per heavy atom. The third-order valence-electron chi connectivity index (χ3n) is 3.78. The van der Waals surface area contributed by atoms with Crippen LogP contribution in [-0.4, -0.2) is 50.4 Å². The zero-order chi connectivity index (χ0) is 18.9. The summed E-state index contributed by atoms with van der Waals surface area (Å²) >= 11 is 1.19. The number of carbonyl (C=O) groups excluding carboxylic acids is 2. The first-order valence-corrected chi connectivity index (χ1v) is 10.2. The zero-order valence-corrected chi connectivity index (χ0v) is 15.6. The topological polar surface area (TPSA) is 105 Å². The lowest BCUT2D eigenvalue weighted by atomic mass is 10.2. The summed E-state index contributed by atoms with van der Waals surface area (Å²) in [6.45, 7) is 5.60. The molecule has 2 aliphatic heterocycles. The van der Waals surface area contributed by atoms with Gasteiger partial charge >= 0.3 is 5.97 Å². The van der Waals surface area contributed by atoms with Crippen LogP contribution in [0.2, 0.25) is 0 Å². The second-order valence-electron chi connectivity index (χ2n) is 5.68. The van der Waals surface area contributed by atoms with Crippen molar-refractivity contribution in [3.63, 3.8) is 0 Å². The Hall–Kier alpha value is -2.33. The number of rotatable bonds is 5. The van der Waals surface area contributed by atoms with Gasteiger partial charge in [0.25, 0.3) is 15.9 Å². The van der Waals surface area contributed by atoms with Crippen LogP contribution in [0.3, 0.4) is 0 Å².